The first-order valence-electron chi connectivity index (χ1n) is 9.04. The van der Waals surface area contributed by atoms with Gasteiger partial charge in [-0.15, -0.1) is 0 Å². The van der Waals surface area contributed by atoms with E-state index in [-0.39, 0.29) is 5.56 Å². The van der Waals surface area contributed by atoms with E-state index < -0.39 is 0 Å². The number of fused-ring (bicyclic) bond motifs is 3. The second kappa shape index (κ2) is 8.70. The van der Waals surface area contributed by atoms with Crippen LogP contribution in [0.15, 0.2) is 34.2 Å². The Morgan fingerprint density at radius 3 is 2.77 bits per heavy atom. The molecular formula is C19H26N4O2S. The van der Waals surface area contributed by atoms with E-state index in [0.29, 0.717) is 18.7 Å². The fraction of sp³-hybridized carbons (Fsp3) is 0.474. The molecule has 1 N–H and O–H groups in total. The van der Waals surface area contributed by atoms with Crippen molar-refractivity contribution in [3.05, 3.63) is 34.6 Å². The highest BCUT2D eigenvalue weighted by Gasteiger charge is 2.15. The van der Waals surface area contributed by atoms with Crippen LogP contribution in [0.4, 0.5) is 0 Å². The minimum Gasteiger partial charge on any atom is -0.383 e. The first-order valence-corrected chi connectivity index (χ1v) is 10.0. The summed E-state index contributed by atoms with van der Waals surface area (Å²) < 4.78 is 6.92. The average molecular weight is 375 g/mol. The molecular weight excluding hydrogens is 348 g/mol. The third-order valence-corrected chi connectivity index (χ3v) is 5.58. The lowest BCUT2D eigenvalue weighted by atomic mass is 10.2. The highest BCUT2D eigenvalue weighted by atomic mass is 32.2. The number of aromatic nitrogens is 3. The maximum atomic E-state index is 13.0. The quantitative estimate of drug-likeness (QED) is 0.461. The van der Waals surface area contributed by atoms with E-state index >= 15 is 0 Å². The molecule has 3 aromatic rings. The lowest BCUT2D eigenvalue weighted by molar-refractivity contribution is 0.183. The minimum atomic E-state index is -0.0337. The smallest absolute Gasteiger partial charge is 0.278 e. The lowest BCUT2D eigenvalue weighted by Gasteiger charge is -2.18. The van der Waals surface area contributed by atoms with Crippen LogP contribution in [0.1, 0.15) is 13.8 Å². The summed E-state index contributed by atoms with van der Waals surface area (Å²) in [6, 6.07) is 7.91. The van der Waals surface area contributed by atoms with Crippen LogP contribution in [-0.2, 0) is 11.3 Å². The number of thioether (sulfide) groups is 1. The van der Waals surface area contributed by atoms with E-state index in [2.05, 4.69) is 23.7 Å². The van der Waals surface area contributed by atoms with Gasteiger partial charge >= 0.3 is 0 Å². The summed E-state index contributed by atoms with van der Waals surface area (Å²) in [4.78, 5) is 23.5. The Kier molecular flexibility index (Phi) is 6.34. The van der Waals surface area contributed by atoms with Gasteiger partial charge in [0.25, 0.3) is 5.56 Å². The number of benzene rings is 1. The Balaban J connectivity index is 2.00. The molecule has 2 heterocycles. The lowest BCUT2D eigenvalue weighted by Crippen LogP contribution is -2.27. The monoisotopic (exact) mass is 374 g/mol. The molecule has 0 spiro atoms. The molecule has 3 rings (SSSR count). The van der Waals surface area contributed by atoms with Gasteiger partial charge in [0.05, 0.1) is 13.2 Å². The Labute approximate surface area is 157 Å². The molecule has 26 heavy (non-hydrogen) atoms. The van der Waals surface area contributed by atoms with Crippen LogP contribution < -0.4 is 5.56 Å². The van der Waals surface area contributed by atoms with Gasteiger partial charge in [0, 0.05) is 30.3 Å². The molecule has 0 aliphatic rings. The van der Waals surface area contributed by atoms with Crippen LogP contribution in [0.2, 0.25) is 0 Å². The number of para-hydroxylation sites is 1. The van der Waals surface area contributed by atoms with Crippen molar-refractivity contribution in [2.24, 2.45) is 0 Å². The van der Waals surface area contributed by atoms with Gasteiger partial charge in [-0.05, 0) is 19.2 Å². The molecule has 0 bridgehead atoms. The number of ether oxygens (including phenoxy) is 1. The Bertz CT molecular complexity index is 930. The predicted octanol–water partition coefficient (Wildman–Crippen LogP) is 2.96. The Hall–Kier alpha value is -1.83. The van der Waals surface area contributed by atoms with Crippen molar-refractivity contribution in [2.45, 2.75) is 25.5 Å². The summed E-state index contributed by atoms with van der Waals surface area (Å²) >= 11 is 1.64. The van der Waals surface area contributed by atoms with Crippen molar-refractivity contribution < 1.29 is 4.74 Å². The van der Waals surface area contributed by atoms with E-state index in [9.17, 15) is 4.79 Å². The molecule has 0 saturated heterocycles. The summed E-state index contributed by atoms with van der Waals surface area (Å²) in [7, 11) is 1.65. The third-order valence-electron chi connectivity index (χ3n) is 4.63. The van der Waals surface area contributed by atoms with E-state index in [0.717, 1.165) is 47.0 Å². The number of rotatable bonds is 9. The van der Waals surface area contributed by atoms with Gasteiger partial charge < -0.3 is 14.6 Å². The molecule has 7 heteroatoms. The van der Waals surface area contributed by atoms with Crippen LogP contribution in [0.3, 0.4) is 0 Å². The third kappa shape index (κ3) is 3.79. The minimum absolute atomic E-state index is 0.0337. The number of aromatic amines is 1. The summed E-state index contributed by atoms with van der Waals surface area (Å²) in [6.45, 7) is 8.35. The molecule has 2 aromatic heterocycles. The molecule has 0 unspecified atom stereocenters. The average Bonchev–Trinajstić information content (AvgIpc) is 3.04. The summed E-state index contributed by atoms with van der Waals surface area (Å²) in [5, 5.41) is 1.75. The normalized spacial score (nSPS) is 11.8. The van der Waals surface area contributed by atoms with Crippen LogP contribution in [-0.4, -0.2) is 58.5 Å². The van der Waals surface area contributed by atoms with E-state index in [1.165, 1.54) is 0 Å². The van der Waals surface area contributed by atoms with Crippen molar-refractivity contribution >= 4 is 33.7 Å². The predicted molar refractivity (Wildman–Crippen MR) is 108 cm³/mol. The molecule has 140 valence electrons. The standard InChI is InChI=1S/C19H26N4O2S/c1-4-22(5-2)11-13-26-19-21-16-14-8-6-7-9-15(14)20-17(16)18(24)23(19)10-12-25-3/h6-9,20H,4-5,10-13H2,1-3H3. The SMILES string of the molecule is CCN(CC)CCSc1nc2c([nH]c3ccccc32)c(=O)n1CCOC. The Morgan fingerprint density at radius 2 is 2.04 bits per heavy atom. The van der Waals surface area contributed by atoms with E-state index in [1.807, 2.05) is 24.3 Å². The summed E-state index contributed by atoms with van der Waals surface area (Å²) in [6.07, 6.45) is 0. The highest BCUT2D eigenvalue weighted by Crippen LogP contribution is 2.24. The van der Waals surface area contributed by atoms with Gasteiger partial charge in [-0.1, -0.05) is 43.8 Å². The number of H-pyrrole nitrogens is 1. The zero-order valence-electron chi connectivity index (χ0n) is 15.6. The molecule has 0 aliphatic carbocycles. The number of hydrogen-bond acceptors (Lipinski definition) is 5. The molecule has 0 saturated carbocycles. The fourth-order valence-electron chi connectivity index (χ4n) is 3.07. The topological polar surface area (TPSA) is 63.2 Å². The van der Waals surface area contributed by atoms with Gasteiger partial charge in [0.1, 0.15) is 11.0 Å². The van der Waals surface area contributed by atoms with Crippen LogP contribution in [0.5, 0.6) is 0 Å². The van der Waals surface area contributed by atoms with Crippen molar-refractivity contribution in [1.82, 2.24) is 19.4 Å². The van der Waals surface area contributed by atoms with Gasteiger partial charge in [-0.2, -0.15) is 0 Å². The first-order chi connectivity index (χ1) is 12.7. The van der Waals surface area contributed by atoms with Gasteiger partial charge in [0.2, 0.25) is 0 Å². The second-order valence-corrected chi connectivity index (χ2v) is 7.18. The number of nitrogens with one attached hydrogen (secondary N) is 1. The van der Waals surface area contributed by atoms with E-state index in [1.54, 1.807) is 23.4 Å². The maximum absolute atomic E-state index is 13.0. The van der Waals surface area contributed by atoms with Crippen LogP contribution in [0, 0.1) is 0 Å². The second-order valence-electron chi connectivity index (χ2n) is 6.11. The number of methoxy groups -OCH3 is 1. The molecule has 0 amide bonds. The van der Waals surface area contributed by atoms with Crippen molar-refractivity contribution in [3.8, 4) is 0 Å². The summed E-state index contributed by atoms with van der Waals surface area (Å²) in [5.41, 5.74) is 2.23. The molecule has 0 aliphatic heterocycles. The largest absolute Gasteiger partial charge is 0.383 e. The van der Waals surface area contributed by atoms with Gasteiger partial charge in [0.15, 0.2) is 5.16 Å². The summed E-state index contributed by atoms with van der Waals surface area (Å²) in [5.74, 6) is 0.898. The Morgan fingerprint density at radius 1 is 1.27 bits per heavy atom. The van der Waals surface area contributed by atoms with E-state index in [4.69, 9.17) is 9.72 Å². The van der Waals surface area contributed by atoms with Crippen molar-refractivity contribution in [3.63, 3.8) is 0 Å². The fourth-order valence-corrected chi connectivity index (χ4v) is 4.09. The van der Waals surface area contributed by atoms with Crippen LogP contribution >= 0.6 is 11.8 Å². The number of nitrogens with zero attached hydrogens (tertiary/aromatic N) is 3. The molecule has 6 nitrogen and oxygen atoms in total. The van der Waals surface area contributed by atoms with Crippen molar-refractivity contribution in [2.75, 3.05) is 39.1 Å². The zero-order chi connectivity index (χ0) is 18.5. The zero-order valence-corrected chi connectivity index (χ0v) is 16.4. The first kappa shape index (κ1) is 18.9. The van der Waals surface area contributed by atoms with Crippen molar-refractivity contribution in [1.29, 1.82) is 0 Å². The molecule has 0 atom stereocenters. The van der Waals surface area contributed by atoms with Gasteiger partial charge in [-0.3, -0.25) is 9.36 Å². The highest BCUT2D eigenvalue weighted by molar-refractivity contribution is 7.99. The van der Waals surface area contributed by atoms with Gasteiger partial charge in [-0.25, -0.2) is 4.98 Å². The molecule has 1 aromatic carbocycles. The molecule has 0 fully saturated rings. The van der Waals surface area contributed by atoms with Crippen LogP contribution in [0.25, 0.3) is 21.9 Å². The molecule has 0 radical (unpaired) electrons. The maximum Gasteiger partial charge on any atom is 0.278 e. The number of hydrogen-bond donors (Lipinski definition) is 1.